The Morgan fingerprint density at radius 2 is 2.12 bits per heavy atom. The highest BCUT2D eigenvalue weighted by molar-refractivity contribution is 7.80. The fraction of sp³-hybridized carbons (Fsp3) is 0.417. The number of benzene rings is 1. The maximum Gasteiger partial charge on any atom is 0.166 e. The number of halogens is 1. The van der Waals surface area contributed by atoms with Gasteiger partial charge < -0.3 is 15.4 Å². The molecule has 5 heteroatoms. The van der Waals surface area contributed by atoms with Gasteiger partial charge in [-0.3, -0.25) is 0 Å². The molecule has 1 rings (SSSR count). The summed E-state index contributed by atoms with van der Waals surface area (Å²) in [6, 6.07) is 6.64. The quantitative estimate of drug-likeness (QED) is 0.601. The van der Waals surface area contributed by atoms with Crippen molar-refractivity contribution in [2.24, 2.45) is 0 Å². The average Bonchev–Trinajstić information content (AvgIpc) is 2.34. The summed E-state index contributed by atoms with van der Waals surface area (Å²) in [5, 5.41) is 6.51. The van der Waals surface area contributed by atoms with Gasteiger partial charge in [-0.15, -0.1) is 0 Å². The summed E-state index contributed by atoms with van der Waals surface area (Å²) in [5.74, 6) is -0.220. The standard InChI is InChI=1S/C12H17FN2OS/c1-16-8-4-7-14-12(17)15-9-10-5-2-3-6-11(10)13/h2-3,5-6H,4,7-9H2,1H3,(H2,14,15,17). The minimum absolute atomic E-state index is 0.220. The van der Waals surface area contributed by atoms with Crippen LogP contribution in [0.4, 0.5) is 4.39 Å². The maximum absolute atomic E-state index is 13.3. The molecule has 94 valence electrons. The highest BCUT2D eigenvalue weighted by Crippen LogP contribution is 2.05. The van der Waals surface area contributed by atoms with Gasteiger partial charge in [-0.05, 0) is 24.7 Å². The van der Waals surface area contributed by atoms with Gasteiger partial charge in [-0.25, -0.2) is 4.39 Å². The summed E-state index contributed by atoms with van der Waals surface area (Å²) >= 11 is 5.06. The fourth-order valence-electron chi connectivity index (χ4n) is 1.30. The number of ether oxygens (including phenoxy) is 1. The van der Waals surface area contributed by atoms with Crippen LogP contribution in [0.5, 0.6) is 0 Å². The van der Waals surface area contributed by atoms with Crippen LogP contribution in [-0.2, 0) is 11.3 Å². The molecule has 0 aromatic heterocycles. The lowest BCUT2D eigenvalue weighted by Crippen LogP contribution is -2.35. The third-order valence-corrected chi connectivity index (χ3v) is 2.50. The SMILES string of the molecule is COCCCNC(=S)NCc1ccccc1F. The molecule has 0 heterocycles. The summed E-state index contributed by atoms with van der Waals surface area (Å²) < 4.78 is 18.2. The summed E-state index contributed by atoms with van der Waals surface area (Å²) in [4.78, 5) is 0. The van der Waals surface area contributed by atoms with Crippen molar-refractivity contribution in [1.82, 2.24) is 10.6 Å². The van der Waals surface area contributed by atoms with E-state index in [2.05, 4.69) is 10.6 Å². The smallest absolute Gasteiger partial charge is 0.166 e. The van der Waals surface area contributed by atoms with Crippen LogP contribution in [0, 0.1) is 5.82 Å². The fourth-order valence-corrected chi connectivity index (χ4v) is 1.47. The molecule has 3 nitrogen and oxygen atoms in total. The van der Waals surface area contributed by atoms with Crippen molar-refractivity contribution in [3.05, 3.63) is 35.6 Å². The third kappa shape index (κ3) is 5.60. The van der Waals surface area contributed by atoms with Crippen LogP contribution in [0.15, 0.2) is 24.3 Å². The number of hydrogen-bond acceptors (Lipinski definition) is 2. The van der Waals surface area contributed by atoms with Crippen LogP contribution >= 0.6 is 12.2 Å². The predicted octanol–water partition coefficient (Wildman–Crippen LogP) is 1.83. The molecule has 1 aromatic carbocycles. The van der Waals surface area contributed by atoms with Gasteiger partial charge in [0, 0.05) is 32.4 Å². The number of methoxy groups -OCH3 is 1. The Balaban J connectivity index is 2.22. The van der Waals surface area contributed by atoms with E-state index in [4.69, 9.17) is 17.0 Å². The number of rotatable bonds is 6. The molecular formula is C12H17FN2OS. The topological polar surface area (TPSA) is 33.3 Å². The van der Waals surface area contributed by atoms with Crippen LogP contribution in [0.2, 0.25) is 0 Å². The Morgan fingerprint density at radius 1 is 1.35 bits per heavy atom. The van der Waals surface area contributed by atoms with Gasteiger partial charge in [0.1, 0.15) is 5.82 Å². The molecular weight excluding hydrogens is 239 g/mol. The lowest BCUT2D eigenvalue weighted by molar-refractivity contribution is 0.195. The van der Waals surface area contributed by atoms with Crippen molar-refractivity contribution in [2.45, 2.75) is 13.0 Å². The second-order valence-electron chi connectivity index (χ2n) is 3.55. The van der Waals surface area contributed by atoms with E-state index in [0.717, 1.165) is 13.0 Å². The van der Waals surface area contributed by atoms with Crippen LogP contribution in [0.1, 0.15) is 12.0 Å². The van der Waals surface area contributed by atoms with E-state index in [0.29, 0.717) is 23.8 Å². The molecule has 0 atom stereocenters. The molecule has 0 saturated carbocycles. The molecule has 0 fully saturated rings. The molecule has 17 heavy (non-hydrogen) atoms. The highest BCUT2D eigenvalue weighted by atomic mass is 32.1. The molecule has 0 unspecified atom stereocenters. The van der Waals surface area contributed by atoms with Crippen LogP contribution in [-0.4, -0.2) is 25.4 Å². The van der Waals surface area contributed by atoms with E-state index < -0.39 is 0 Å². The van der Waals surface area contributed by atoms with Gasteiger partial charge in [-0.1, -0.05) is 18.2 Å². The molecule has 0 radical (unpaired) electrons. The van der Waals surface area contributed by atoms with Crippen molar-refractivity contribution in [1.29, 1.82) is 0 Å². The van der Waals surface area contributed by atoms with Gasteiger partial charge in [0.2, 0.25) is 0 Å². The zero-order chi connectivity index (χ0) is 12.5. The summed E-state index contributed by atoms with van der Waals surface area (Å²) in [6.07, 6.45) is 0.887. The number of hydrogen-bond donors (Lipinski definition) is 2. The normalized spacial score (nSPS) is 10.0. The largest absolute Gasteiger partial charge is 0.385 e. The molecule has 0 aliphatic heterocycles. The first-order valence-electron chi connectivity index (χ1n) is 5.48. The first kappa shape index (κ1) is 13.9. The average molecular weight is 256 g/mol. The molecule has 0 spiro atoms. The van der Waals surface area contributed by atoms with Crippen molar-refractivity contribution < 1.29 is 9.13 Å². The highest BCUT2D eigenvalue weighted by Gasteiger charge is 2.01. The number of thiocarbonyl (C=S) groups is 1. The molecule has 2 N–H and O–H groups in total. The predicted molar refractivity (Wildman–Crippen MR) is 70.3 cm³/mol. The Hall–Kier alpha value is -1.20. The summed E-state index contributed by atoms with van der Waals surface area (Å²) in [7, 11) is 1.66. The van der Waals surface area contributed by atoms with Crippen LogP contribution in [0.3, 0.4) is 0 Å². The summed E-state index contributed by atoms with van der Waals surface area (Å²) in [5.41, 5.74) is 0.605. The first-order chi connectivity index (χ1) is 8.24. The minimum Gasteiger partial charge on any atom is -0.385 e. The van der Waals surface area contributed by atoms with Gasteiger partial charge in [0.25, 0.3) is 0 Å². The van der Waals surface area contributed by atoms with Gasteiger partial charge in [-0.2, -0.15) is 0 Å². The molecule has 0 aliphatic carbocycles. The third-order valence-electron chi connectivity index (χ3n) is 2.21. The van der Waals surface area contributed by atoms with Gasteiger partial charge in [0.05, 0.1) is 0 Å². The van der Waals surface area contributed by atoms with E-state index in [1.807, 2.05) is 0 Å². The second kappa shape index (κ2) is 7.97. The van der Waals surface area contributed by atoms with E-state index in [-0.39, 0.29) is 5.82 Å². The molecule has 0 bridgehead atoms. The van der Waals surface area contributed by atoms with Crippen molar-refractivity contribution in [3.63, 3.8) is 0 Å². The lowest BCUT2D eigenvalue weighted by Gasteiger charge is -2.10. The first-order valence-corrected chi connectivity index (χ1v) is 5.89. The molecule has 0 aliphatic rings. The molecule has 0 amide bonds. The zero-order valence-electron chi connectivity index (χ0n) is 9.83. The van der Waals surface area contributed by atoms with E-state index in [1.165, 1.54) is 6.07 Å². The molecule has 0 saturated heterocycles. The van der Waals surface area contributed by atoms with E-state index >= 15 is 0 Å². The Bertz CT molecular complexity index is 360. The Kier molecular flexibility index (Phi) is 6.50. The van der Waals surface area contributed by atoms with E-state index in [9.17, 15) is 4.39 Å². The number of nitrogens with one attached hydrogen (secondary N) is 2. The second-order valence-corrected chi connectivity index (χ2v) is 3.96. The Labute approximate surface area is 106 Å². The van der Waals surface area contributed by atoms with Crippen molar-refractivity contribution in [3.8, 4) is 0 Å². The summed E-state index contributed by atoms with van der Waals surface area (Å²) in [6.45, 7) is 1.84. The zero-order valence-corrected chi connectivity index (χ0v) is 10.6. The van der Waals surface area contributed by atoms with Crippen LogP contribution < -0.4 is 10.6 Å². The Morgan fingerprint density at radius 3 is 2.82 bits per heavy atom. The molecule has 1 aromatic rings. The monoisotopic (exact) mass is 256 g/mol. The van der Waals surface area contributed by atoms with Crippen molar-refractivity contribution >= 4 is 17.3 Å². The van der Waals surface area contributed by atoms with Gasteiger partial charge in [0.15, 0.2) is 5.11 Å². The van der Waals surface area contributed by atoms with E-state index in [1.54, 1.807) is 25.3 Å². The lowest BCUT2D eigenvalue weighted by atomic mass is 10.2. The van der Waals surface area contributed by atoms with Crippen molar-refractivity contribution in [2.75, 3.05) is 20.3 Å². The van der Waals surface area contributed by atoms with Crippen LogP contribution in [0.25, 0.3) is 0 Å². The maximum atomic E-state index is 13.3. The van der Waals surface area contributed by atoms with Gasteiger partial charge >= 0.3 is 0 Å². The minimum atomic E-state index is -0.220.